The third kappa shape index (κ3) is 3.68. The summed E-state index contributed by atoms with van der Waals surface area (Å²) in [6, 6.07) is 12.9. The standard InChI is InChI=1S/C22H23N3O5/c1-4-29-18-10-9-14(11-19(18)28-3)21-23-22(30-24-21)15-12-20(26)25(13-15)16-7-5-6-8-17(16)27-2/h5-11,15H,4,12-13H2,1-3H3. The van der Waals surface area contributed by atoms with E-state index in [1.807, 2.05) is 43.3 Å². The van der Waals surface area contributed by atoms with Gasteiger partial charge in [-0.05, 0) is 37.3 Å². The van der Waals surface area contributed by atoms with E-state index in [9.17, 15) is 4.79 Å². The van der Waals surface area contributed by atoms with E-state index in [0.717, 1.165) is 11.3 Å². The first-order valence-electron chi connectivity index (χ1n) is 9.72. The fraction of sp³-hybridized carbons (Fsp3) is 0.318. The van der Waals surface area contributed by atoms with Crippen LogP contribution < -0.4 is 19.1 Å². The summed E-state index contributed by atoms with van der Waals surface area (Å²) < 4.78 is 21.8. The van der Waals surface area contributed by atoms with Crippen molar-refractivity contribution in [2.45, 2.75) is 19.3 Å². The van der Waals surface area contributed by atoms with E-state index < -0.39 is 0 Å². The fourth-order valence-electron chi connectivity index (χ4n) is 3.56. The van der Waals surface area contributed by atoms with Gasteiger partial charge in [0.15, 0.2) is 11.5 Å². The lowest BCUT2D eigenvalue weighted by molar-refractivity contribution is -0.117. The lowest BCUT2D eigenvalue weighted by atomic mass is 10.1. The molecule has 1 aliphatic heterocycles. The number of para-hydroxylation sites is 2. The zero-order valence-corrected chi connectivity index (χ0v) is 17.1. The number of hydrogen-bond acceptors (Lipinski definition) is 7. The number of ether oxygens (including phenoxy) is 3. The van der Waals surface area contributed by atoms with E-state index in [1.54, 1.807) is 25.2 Å². The van der Waals surface area contributed by atoms with E-state index in [1.165, 1.54) is 0 Å². The van der Waals surface area contributed by atoms with Gasteiger partial charge < -0.3 is 23.6 Å². The van der Waals surface area contributed by atoms with Gasteiger partial charge in [-0.3, -0.25) is 4.79 Å². The van der Waals surface area contributed by atoms with Crippen molar-refractivity contribution in [2.24, 2.45) is 0 Å². The molecule has 1 aromatic heterocycles. The molecule has 3 aromatic rings. The number of benzene rings is 2. The summed E-state index contributed by atoms with van der Waals surface area (Å²) in [4.78, 5) is 18.9. The molecule has 0 saturated carbocycles. The second-order valence-corrected chi connectivity index (χ2v) is 6.83. The van der Waals surface area contributed by atoms with Crippen molar-refractivity contribution in [2.75, 3.05) is 32.3 Å². The van der Waals surface area contributed by atoms with Crippen molar-refractivity contribution < 1.29 is 23.5 Å². The summed E-state index contributed by atoms with van der Waals surface area (Å²) in [7, 11) is 3.17. The molecule has 1 aliphatic rings. The summed E-state index contributed by atoms with van der Waals surface area (Å²) in [5.41, 5.74) is 1.49. The zero-order valence-electron chi connectivity index (χ0n) is 17.1. The normalized spacial score (nSPS) is 16.0. The second-order valence-electron chi connectivity index (χ2n) is 6.83. The Bertz CT molecular complexity index is 1050. The average molecular weight is 409 g/mol. The molecule has 1 saturated heterocycles. The van der Waals surface area contributed by atoms with Crippen LogP contribution in [0, 0.1) is 0 Å². The van der Waals surface area contributed by atoms with E-state index in [-0.39, 0.29) is 11.8 Å². The number of carbonyl (C=O) groups excluding carboxylic acids is 1. The van der Waals surface area contributed by atoms with Crippen LogP contribution in [0.5, 0.6) is 17.2 Å². The minimum Gasteiger partial charge on any atom is -0.495 e. The number of aromatic nitrogens is 2. The van der Waals surface area contributed by atoms with Gasteiger partial charge in [-0.25, -0.2) is 0 Å². The van der Waals surface area contributed by atoms with Crippen molar-refractivity contribution in [3.05, 3.63) is 48.4 Å². The van der Waals surface area contributed by atoms with Crippen molar-refractivity contribution >= 4 is 11.6 Å². The monoisotopic (exact) mass is 409 g/mol. The van der Waals surface area contributed by atoms with Crippen molar-refractivity contribution in [3.63, 3.8) is 0 Å². The Morgan fingerprint density at radius 1 is 1.10 bits per heavy atom. The van der Waals surface area contributed by atoms with Gasteiger partial charge in [0.25, 0.3) is 0 Å². The molecule has 8 heteroatoms. The molecule has 0 N–H and O–H groups in total. The van der Waals surface area contributed by atoms with E-state index in [4.69, 9.17) is 18.7 Å². The SMILES string of the molecule is CCOc1ccc(-c2noc(C3CC(=O)N(c4ccccc4OC)C3)n2)cc1OC. The topological polar surface area (TPSA) is 86.9 Å². The Morgan fingerprint density at radius 2 is 1.90 bits per heavy atom. The van der Waals surface area contributed by atoms with E-state index in [2.05, 4.69) is 10.1 Å². The largest absolute Gasteiger partial charge is 0.495 e. The number of carbonyl (C=O) groups is 1. The highest BCUT2D eigenvalue weighted by Gasteiger charge is 2.36. The third-order valence-corrected chi connectivity index (χ3v) is 5.01. The molecule has 2 heterocycles. The third-order valence-electron chi connectivity index (χ3n) is 5.01. The maximum atomic E-state index is 12.6. The minimum atomic E-state index is -0.187. The molecule has 0 radical (unpaired) electrons. The zero-order chi connectivity index (χ0) is 21.1. The van der Waals surface area contributed by atoms with Gasteiger partial charge in [0, 0.05) is 18.5 Å². The van der Waals surface area contributed by atoms with Gasteiger partial charge in [-0.2, -0.15) is 4.98 Å². The highest BCUT2D eigenvalue weighted by molar-refractivity contribution is 5.97. The van der Waals surface area contributed by atoms with Gasteiger partial charge in [0.05, 0.1) is 32.4 Å². The highest BCUT2D eigenvalue weighted by atomic mass is 16.5. The maximum Gasteiger partial charge on any atom is 0.232 e. The number of nitrogens with zero attached hydrogens (tertiary/aromatic N) is 3. The molecule has 30 heavy (non-hydrogen) atoms. The molecule has 2 aromatic carbocycles. The molecule has 156 valence electrons. The van der Waals surface area contributed by atoms with Gasteiger partial charge in [0.1, 0.15) is 5.75 Å². The van der Waals surface area contributed by atoms with Crippen LogP contribution in [0.4, 0.5) is 5.69 Å². The lowest BCUT2D eigenvalue weighted by Crippen LogP contribution is -2.24. The Hall–Kier alpha value is -3.55. The first kappa shape index (κ1) is 19.8. The van der Waals surface area contributed by atoms with Crippen molar-refractivity contribution in [1.82, 2.24) is 10.1 Å². The van der Waals surface area contributed by atoms with Gasteiger partial charge in [-0.1, -0.05) is 17.3 Å². The predicted octanol–water partition coefficient (Wildman–Crippen LogP) is 3.67. The summed E-state index contributed by atoms with van der Waals surface area (Å²) >= 11 is 0. The molecule has 1 unspecified atom stereocenters. The Labute approximate surface area is 174 Å². The number of rotatable bonds is 7. The summed E-state index contributed by atoms with van der Waals surface area (Å²) in [5, 5.41) is 4.10. The molecular formula is C22H23N3O5. The van der Waals surface area contributed by atoms with Gasteiger partial charge in [-0.15, -0.1) is 0 Å². The fourth-order valence-corrected chi connectivity index (χ4v) is 3.56. The molecule has 1 fully saturated rings. The van der Waals surface area contributed by atoms with Gasteiger partial charge >= 0.3 is 0 Å². The number of amides is 1. The van der Waals surface area contributed by atoms with Crippen LogP contribution in [-0.4, -0.2) is 43.4 Å². The van der Waals surface area contributed by atoms with Crippen molar-refractivity contribution in [3.8, 4) is 28.6 Å². The summed E-state index contributed by atoms with van der Waals surface area (Å²) in [6.07, 6.45) is 0.298. The molecule has 0 bridgehead atoms. The summed E-state index contributed by atoms with van der Waals surface area (Å²) in [5.74, 6) is 2.58. The van der Waals surface area contributed by atoms with Crippen LogP contribution in [0.25, 0.3) is 11.4 Å². The first-order valence-corrected chi connectivity index (χ1v) is 9.72. The smallest absolute Gasteiger partial charge is 0.232 e. The van der Waals surface area contributed by atoms with Gasteiger partial charge in [0.2, 0.25) is 17.6 Å². The molecule has 1 atom stereocenters. The molecule has 1 amide bonds. The van der Waals surface area contributed by atoms with Crippen LogP contribution >= 0.6 is 0 Å². The summed E-state index contributed by atoms with van der Waals surface area (Å²) in [6.45, 7) is 2.91. The minimum absolute atomic E-state index is 0.00742. The highest BCUT2D eigenvalue weighted by Crippen LogP contribution is 2.37. The average Bonchev–Trinajstić information content (AvgIpc) is 3.41. The predicted molar refractivity (Wildman–Crippen MR) is 110 cm³/mol. The van der Waals surface area contributed by atoms with Crippen LogP contribution in [0.3, 0.4) is 0 Å². The molecule has 4 rings (SSSR count). The number of methoxy groups -OCH3 is 2. The number of hydrogen-bond donors (Lipinski definition) is 0. The molecule has 0 aliphatic carbocycles. The second kappa shape index (κ2) is 8.44. The quantitative estimate of drug-likeness (QED) is 0.588. The Morgan fingerprint density at radius 3 is 2.67 bits per heavy atom. The lowest BCUT2D eigenvalue weighted by Gasteiger charge is -2.18. The van der Waals surface area contributed by atoms with Crippen LogP contribution in [0.2, 0.25) is 0 Å². The van der Waals surface area contributed by atoms with E-state index >= 15 is 0 Å². The van der Waals surface area contributed by atoms with Crippen LogP contribution in [0.15, 0.2) is 47.0 Å². The molecular weight excluding hydrogens is 386 g/mol. The molecule has 8 nitrogen and oxygen atoms in total. The van der Waals surface area contributed by atoms with Crippen molar-refractivity contribution in [1.29, 1.82) is 0 Å². The Balaban J connectivity index is 1.56. The first-order chi connectivity index (χ1) is 14.6. The Kier molecular flexibility index (Phi) is 5.56. The van der Waals surface area contributed by atoms with E-state index in [0.29, 0.717) is 48.5 Å². The van der Waals surface area contributed by atoms with Crippen LogP contribution in [0.1, 0.15) is 25.2 Å². The number of anilines is 1. The van der Waals surface area contributed by atoms with Crippen LogP contribution in [-0.2, 0) is 4.79 Å². The molecule has 0 spiro atoms. The maximum absolute atomic E-state index is 12.6.